The number of aryl methyl sites for hydroxylation is 4. The molecule has 1 radical (unpaired) electrons. The fourth-order valence-electron chi connectivity index (χ4n) is 7.18. The highest BCUT2D eigenvalue weighted by molar-refractivity contribution is 7.33. The van der Waals surface area contributed by atoms with Crippen molar-refractivity contribution in [1.29, 1.82) is 0 Å². The lowest BCUT2D eigenvalue weighted by molar-refractivity contribution is -0.153. The lowest BCUT2D eigenvalue weighted by Crippen LogP contribution is -2.49. The first-order valence-corrected chi connectivity index (χ1v) is 24.7. The van der Waals surface area contributed by atoms with Gasteiger partial charge in [-0.2, -0.15) is 0 Å². The van der Waals surface area contributed by atoms with Crippen LogP contribution in [-0.2, 0) is 35.2 Å². The molecule has 0 spiro atoms. The fourth-order valence-corrected chi connectivity index (χ4v) is 12.7. The summed E-state index contributed by atoms with van der Waals surface area (Å²) in [5, 5.41) is 2.49. The van der Waals surface area contributed by atoms with Gasteiger partial charge in [-0.25, -0.2) is 0 Å². The zero-order valence-corrected chi connectivity index (χ0v) is 38.4. The molecule has 7 heteroatoms. The largest absolute Gasteiger partial charge is 0.381 e. The molecule has 0 fully saturated rings. The van der Waals surface area contributed by atoms with Gasteiger partial charge in [0.25, 0.3) is 0 Å². The van der Waals surface area contributed by atoms with Crippen LogP contribution in [0, 0.1) is 0 Å². The van der Waals surface area contributed by atoms with Gasteiger partial charge in [-0.1, -0.05) is 105 Å². The molecule has 4 heterocycles. The Hall–Kier alpha value is -0.955. The SMILES string of the molecule is CCCCCCc1csc2c(CCCCCC)c(/C=C/c3sc4c(CCCCCC)c([B]COC(C)(C)C(C)(C)OC)sc4c3CCCCCC)sc12. The lowest BCUT2D eigenvalue weighted by atomic mass is 9.75. The van der Waals surface area contributed by atoms with Crippen LogP contribution in [-0.4, -0.2) is 32.1 Å². The molecule has 0 atom stereocenters. The molecule has 4 rings (SSSR count). The van der Waals surface area contributed by atoms with Gasteiger partial charge in [-0.05, 0) is 124 Å². The minimum atomic E-state index is -0.391. The summed E-state index contributed by atoms with van der Waals surface area (Å²) in [4.78, 5) is 3.01. The van der Waals surface area contributed by atoms with Crippen molar-refractivity contribution in [2.24, 2.45) is 0 Å². The van der Waals surface area contributed by atoms with Crippen molar-refractivity contribution < 1.29 is 9.47 Å². The first-order valence-electron chi connectivity index (χ1n) is 21.4. The molecule has 0 saturated heterocycles. The summed E-state index contributed by atoms with van der Waals surface area (Å²) in [5.74, 6) is 0. The molecule has 295 valence electrons. The quantitative estimate of drug-likeness (QED) is 0.0421. The molecule has 0 aliphatic heterocycles. The monoisotopic (exact) mass is 795 g/mol. The van der Waals surface area contributed by atoms with Crippen LogP contribution in [0.5, 0.6) is 0 Å². The van der Waals surface area contributed by atoms with E-state index >= 15 is 0 Å². The van der Waals surface area contributed by atoms with Crippen LogP contribution in [0.4, 0.5) is 0 Å². The van der Waals surface area contributed by atoms with E-state index in [0.29, 0.717) is 6.51 Å². The van der Waals surface area contributed by atoms with Crippen LogP contribution < -0.4 is 4.78 Å². The van der Waals surface area contributed by atoms with Crippen molar-refractivity contribution in [3.63, 3.8) is 0 Å². The van der Waals surface area contributed by atoms with Crippen LogP contribution in [0.3, 0.4) is 0 Å². The zero-order chi connectivity index (χ0) is 38.3. The van der Waals surface area contributed by atoms with E-state index < -0.39 is 5.60 Å². The van der Waals surface area contributed by atoms with Gasteiger partial charge in [-0.3, -0.25) is 0 Å². The third-order valence-electron chi connectivity index (χ3n) is 11.6. The van der Waals surface area contributed by atoms with Crippen molar-refractivity contribution in [2.45, 2.75) is 195 Å². The maximum Gasteiger partial charge on any atom is 0.199 e. The molecular weight excluding hydrogens is 724 g/mol. The van der Waals surface area contributed by atoms with E-state index in [1.54, 1.807) is 48.2 Å². The summed E-state index contributed by atoms with van der Waals surface area (Å²) in [6, 6.07) is 0. The number of ether oxygens (including phenoxy) is 2. The third kappa shape index (κ3) is 12.3. The third-order valence-corrected chi connectivity index (χ3v) is 16.7. The lowest BCUT2D eigenvalue weighted by Gasteiger charge is -2.40. The van der Waals surface area contributed by atoms with Crippen LogP contribution in [0.15, 0.2) is 5.38 Å². The first kappa shape index (κ1) is 44.8. The molecule has 2 nitrogen and oxygen atoms in total. The number of hydrogen-bond donors (Lipinski definition) is 0. The molecule has 0 unspecified atom stereocenters. The number of thiophene rings is 4. The Morgan fingerprint density at radius 1 is 0.547 bits per heavy atom. The maximum absolute atomic E-state index is 6.53. The summed E-state index contributed by atoms with van der Waals surface area (Å²) in [5.41, 5.74) is 5.63. The van der Waals surface area contributed by atoms with Gasteiger partial charge in [0.05, 0.1) is 11.2 Å². The molecule has 0 N–H and O–H groups in total. The van der Waals surface area contributed by atoms with Crippen molar-refractivity contribution >= 4 is 88.4 Å². The molecular formula is C46H72BO2S4. The Labute approximate surface area is 341 Å². The van der Waals surface area contributed by atoms with Crippen LogP contribution in [0.1, 0.15) is 190 Å². The van der Waals surface area contributed by atoms with Gasteiger partial charge in [0.15, 0.2) is 7.28 Å². The smallest absolute Gasteiger partial charge is 0.199 e. The summed E-state index contributed by atoms with van der Waals surface area (Å²) in [6.07, 6.45) is 30.7. The van der Waals surface area contributed by atoms with E-state index in [2.05, 4.69) is 103 Å². The minimum absolute atomic E-state index is 0.365. The predicted molar refractivity (Wildman–Crippen MR) is 246 cm³/mol. The van der Waals surface area contributed by atoms with E-state index in [1.807, 2.05) is 22.7 Å². The summed E-state index contributed by atoms with van der Waals surface area (Å²) in [6.45, 7) is 18.4. The number of unbranched alkanes of at least 4 members (excludes halogenated alkanes) is 12. The average molecular weight is 796 g/mol. The molecule has 53 heavy (non-hydrogen) atoms. The molecule has 0 amide bonds. The van der Waals surface area contributed by atoms with Crippen molar-refractivity contribution in [1.82, 2.24) is 0 Å². The first-order chi connectivity index (χ1) is 25.6. The highest BCUT2D eigenvalue weighted by atomic mass is 32.1. The highest BCUT2D eigenvalue weighted by Crippen LogP contribution is 2.43. The molecule has 4 aromatic heterocycles. The Morgan fingerprint density at radius 2 is 1.02 bits per heavy atom. The zero-order valence-electron chi connectivity index (χ0n) is 35.1. The van der Waals surface area contributed by atoms with Gasteiger partial charge in [0, 0.05) is 42.2 Å². The Morgan fingerprint density at radius 3 is 1.55 bits per heavy atom. The average Bonchev–Trinajstić information content (AvgIpc) is 3.88. The van der Waals surface area contributed by atoms with Gasteiger partial charge in [0.1, 0.15) is 0 Å². The molecule has 0 aromatic carbocycles. The van der Waals surface area contributed by atoms with Crippen molar-refractivity contribution in [3.05, 3.63) is 37.4 Å². The Kier molecular flexibility index (Phi) is 19.2. The van der Waals surface area contributed by atoms with E-state index in [1.165, 1.54) is 137 Å². The van der Waals surface area contributed by atoms with Crippen molar-refractivity contribution in [3.8, 4) is 0 Å². The Balaban J connectivity index is 1.70. The van der Waals surface area contributed by atoms with Gasteiger partial charge < -0.3 is 9.47 Å². The fraction of sp³-hybridized carbons (Fsp3) is 0.696. The van der Waals surface area contributed by atoms with Gasteiger partial charge in [-0.15, -0.1) is 45.3 Å². The van der Waals surface area contributed by atoms with Gasteiger partial charge in [0.2, 0.25) is 0 Å². The number of methoxy groups -OCH3 is 1. The number of rotatable bonds is 28. The molecule has 0 aliphatic carbocycles. The molecule has 4 aromatic rings. The van der Waals surface area contributed by atoms with E-state index in [9.17, 15) is 0 Å². The van der Waals surface area contributed by atoms with Crippen LogP contribution >= 0.6 is 45.3 Å². The second kappa shape index (κ2) is 22.7. The number of fused-ring (bicyclic) bond motifs is 2. The predicted octanol–water partition coefficient (Wildman–Crippen LogP) is 15.4. The standard InChI is InChI=1S/C46H72BO2S4/c1-10-14-18-22-26-34-32-50-41-35(27-23-19-15-11-2)38(51-40(34)41)30-31-39-36(28-24-20-16-12-3)42-43(52-39)37(29-25-21-17-13-4)44(53-42)47-33-49-46(7,8)45(5,6)48-9/h30-32H,10-29,33H2,1-9H3/b31-30+. The Bertz CT molecular complexity index is 1670. The maximum atomic E-state index is 6.53. The second-order valence-corrected chi connectivity index (χ2v) is 20.3. The normalized spacial score (nSPS) is 12.8. The summed E-state index contributed by atoms with van der Waals surface area (Å²) >= 11 is 8.21. The van der Waals surface area contributed by atoms with Gasteiger partial charge >= 0.3 is 0 Å². The van der Waals surface area contributed by atoms with E-state index in [4.69, 9.17) is 9.47 Å². The highest BCUT2D eigenvalue weighted by Gasteiger charge is 2.38. The topological polar surface area (TPSA) is 18.5 Å². The van der Waals surface area contributed by atoms with E-state index in [0.717, 1.165) is 6.42 Å². The second-order valence-electron chi connectivity index (χ2n) is 16.2. The molecule has 0 bridgehead atoms. The summed E-state index contributed by atoms with van der Waals surface area (Å²) < 4.78 is 20.0. The molecule has 0 aliphatic rings. The minimum Gasteiger partial charge on any atom is -0.381 e. The van der Waals surface area contributed by atoms with Crippen LogP contribution in [0.25, 0.3) is 31.0 Å². The van der Waals surface area contributed by atoms with Crippen LogP contribution in [0.2, 0.25) is 0 Å². The number of hydrogen-bond acceptors (Lipinski definition) is 6. The summed E-state index contributed by atoms with van der Waals surface area (Å²) in [7, 11) is 4.16. The molecule has 0 saturated carbocycles. The van der Waals surface area contributed by atoms with Crippen molar-refractivity contribution in [2.75, 3.05) is 13.6 Å². The van der Waals surface area contributed by atoms with E-state index in [-0.39, 0.29) is 5.60 Å².